The Balaban J connectivity index is 2.73. The highest BCUT2D eigenvalue weighted by Gasteiger charge is 2.34. The van der Waals surface area contributed by atoms with Gasteiger partial charge in [-0.15, -0.1) is 0 Å². The number of aliphatic hydroxyl groups is 2. The number of nitrogens with one attached hydrogen (secondary N) is 1. The van der Waals surface area contributed by atoms with E-state index in [0.717, 1.165) is 6.08 Å². The van der Waals surface area contributed by atoms with Gasteiger partial charge < -0.3 is 15.5 Å². The van der Waals surface area contributed by atoms with Crippen LogP contribution in [0.3, 0.4) is 0 Å². The number of allylic oxidation sites excluding steroid dienone is 1. The third-order valence-corrected chi connectivity index (χ3v) is 1.88. The van der Waals surface area contributed by atoms with E-state index in [0.29, 0.717) is 0 Å². The highest BCUT2D eigenvalue weighted by atomic mass is 16.3. The Labute approximate surface area is 75.1 Å². The lowest BCUT2D eigenvalue weighted by molar-refractivity contribution is -0.121. The van der Waals surface area contributed by atoms with Crippen molar-refractivity contribution in [3.63, 3.8) is 0 Å². The summed E-state index contributed by atoms with van der Waals surface area (Å²) in [6.45, 7) is 0.865. The average Bonchev–Trinajstić information content (AvgIpc) is 2.26. The first kappa shape index (κ1) is 9.88. The van der Waals surface area contributed by atoms with Gasteiger partial charge in [0.25, 0.3) is 0 Å². The molecule has 0 bridgehead atoms. The highest BCUT2D eigenvalue weighted by molar-refractivity contribution is 5.97. The van der Waals surface area contributed by atoms with Crippen LogP contribution in [0.4, 0.5) is 0 Å². The Morgan fingerprint density at radius 3 is 2.69 bits per heavy atom. The van der Waals surface area contributed by atoms with Crippen molar-refractivity contribution in [1.29, 1.82) is 0 Å². The molecule has 13 heavy (non-hydrogen) atoms. The van der Waals surface area contributed by atoms with Gasteiger partial charge in [0, 0.05) is 13.0 Å². The minimum atomic E-state index is -1.10. The van der Waals surface area contributed by atoms with E-state index in [9.17, 15) is 14.7 Å². The van der Waals surface area contributed by atoms with Gasteiger partial charge in [-0.3, -0.25) is 9.59 Å². The largest absolute Gasteiger partial charge is 0.395 e. The fourth-order valence-electron chi connectivity index (χ4n) is 1.22. The number of carbonyl (C=O) groups excluding carboxylic acids is 2. The van der Waals surface area contributed by atoms with Crippen molar-refractivity contribution in [2.45, 2.75) is 13.0 Å². The molecule has 0 radical (unpaired) electrons. The van der Waals surface area contributed by atoms with Crippen molar-refractivity contribution < 1.29 is 19.8 Å². The van der Waals surface area contributed by atoms with E-state index in [1.807, 2.05) is 0 Å². The number of ketones is 1. The average molecular weight is 185 g/mol. The summed E-state index contributed by atoms with van der Waals surface area (Å²) in [5.74, 6) is -1.54. The van der Waals surface area contributed by atoms with E-state index in [1.165, 1.54) is 6.92 Å². The van der Waals surface area contributed by atoms with E-state index in [1.54, 1.807) is 0 Å². The Kier molecular flexibility index (Phi) is 2.79. The summed E-state index contributed by atoms with van der Waals surface area (Å²) in [6, 6.07) is 0. The molecule has 0 saturated heterocycles. The summed E-state index contributed by atoms with van der Waals surface area (Å²) in [5, 5.41) is 20.5. The predicted molar refractivity (Wildman–Crippen MR) is 43.5 cm³/mol. The first-order valence-electron chi connectivity index (χ1n) is 3.88. The molecule has 0 aromatic carbocycles. The second kappa shape index (κ2) is 3.68. The van der Waals surface area contributed by atoms with E-state index in [2.05, 4.69) is 5.32 Å². The standard InChI is InChI=1S/C8H11NO4/c1-4(11)9-6-2-7(12)5(3-10)8(6)13/h2,5,8,10,13H,3H2,1H3,(H,9,11)/t5-,8-/m1/s1. The van der Waals surface area contributed by atoms with Crippen LogP contribution in [0.15, 0.2) is 11.8 Å². The smallest absolute Gasteiger partial charge is 0.221 e. The van der Waals surface area contributed by atoms with Crippen molar-refractivity contribution in [3.8, 4) is 0 Å². The van der Waals surface area contributed by atoms with Crippen LogP contribution in [0.2, 0.25) is 0 Å². The Hall–Kier alpha value is -1.20. The summed E-state index contributed by atoms with van der Waals surface area (Å²) >= 11 is 0. The third kappa shape index (κ3) is 1.93. The second-order valence-corrected chi connectivity index (χ2v) is 2.92. The van der Waals surface area contributed by atoms with Crippen LogP contribution in [0.1, 0.15) is 6.92 Å². The first-order valence-corrected chi connectivity index (χ1v) is 3.88. The van der Waals surface area contributed by atoms with E-state index in [-0.39, 0.29) is 17.4 Å². The van der Waals surface area contributed by atoms with Gasteiger partial charge in [-0.2, -0.15) is 0 Å². The van der Waals surface area contributed by atoms with Crippen LogP contribution in [0, 0.1) is 5.92 Å². The van der Waals surface area contributed by atoms with Crippen molar-refractivity contribution in [2.24, 2.45) is 5.92 Å². The van der Waals surface area contributed by atoms with E-state index in [4.69, 9.17) is 5.11 Å². The first-order chi connectivity index (χ1) is 6.06. The number of rotatable bonds is 2. The highest BCUT2D eigenvalue weighted by Crippen LogP contribution is 2.20. The van der Waals surface area contributed by atoms with Gasteiger partial charge in [0.1, 0.15) is 6.10 Å². The van der Waals surface area contributed by atoms with Gasteiger partial charge in [-0.1, -0.05) is 0 Å². The fourth-order valence-corrected chi connectivity index (χ4v) is 1.22. The zero-order chi connectivity index (χ0) is 10.0. The summed E-state index contributed by atoms with van der Waals surface area (Å²) < 4.78 is 0. The number of amides is 1. The van der Waals surface area contributed by atoms with Crippen molar-refractivity contribution in [2.75, 3.05) is 6.61 Å². The minimum absolute atomic E-state index is 0.163. The van der Waals surface area contributed by atoms with Crippen LogP contribution in [-0.2, 0) is 9.59 Å². The predicted octanol–water partition coefficient (Wildman–Crippen LogP) is -1.44. The second-order valence-electron chi connectivity index (χ2n) is 2.92. The zero-order valence-corrected chi connectivity index (χ0v) is 7.15. The van der Waals surface area contributed by atoms with Gasteiger partial charge in [0.15, 0.2) is 5.78 Å². The molecular weight excluding hydrogens is 174 g/mol. The summed E-state index contributed by atoms with van der Waals surface area (Å²) in [4.78, 5) is 21.7. The minimum Gasteiger partial charge on any atom is -0.395 e. The van der Waals surface area contributed by atoms with Gasteiger partial charge in [-0.25, -0.2) is 0 Å². The van der Waals surface area contributed by atoms with Crippen molar-refractivity contribution in [1.82, 2.24) is 5.32 Å². The quantitative estimate of drug-likeness (QED) is 0.491. The molecule has 0 heterocycles. The Morgan fingerprint density at radius 2 is 2.31 bits per heavy atom. The number of hydrogen-bond acceptors (Lipinski definition) is 4. The lowest BCUT2D eigenvalue weighted by atomic mass is 10.1. The molecule has 0 unspecified atom stereocenters. The molecule has 0 aromatic heterocycles. The van der Waals surface area contributed by atoms with Crippen LogP contribution >= 0.6 is 0 Å². The summed E-state index contributed by atoms with van der Waals surface area (Å²) in [7, 11) is 0. The molecule has 1 aliphatic rings. The van der Waals surface area contributed by atoms with Crippen LogP contribution in [0.5, 0.6) is 0 Å². The van der Waals surface area contributed by atoms with Crippen molar-refractivity contribution in [3.05, 3.63) is 11.8 Å². The molecule has 2 atom stereocenters. The van der Waals surface area contributed by atoms with Gasteiger partial charge in [0.05, 0.1) is 18.2 Å². The maximum absolute atomic E-state index is 11.1. The van der Waals surface area contributed by atoms with Gasteiger partial charge in [-0.05, 0) is 0 Å². The maximum Gasteiger partial charge on any atom is 0.221 e. The molecule has 0 aliphatic heterocycles. The molecule has 0 aromatic rings. The lowest BCUT2D eigenvalue weighted by Crippen LogP contribution is -2.31. The lowest BCUT2D eigenvalue weighted by Gasteiger charge is -2.13. The summed E-state index contributed by atoms with van der Waals surface area (Å²) in [6.07, 6.45) is 0.0499. The fraction of sp³-hybridized carbons (Fsp3) is 0.500. The molecule has 0 spiro atoms. The van der Waals surface area contributed by atoms with Gasteiger partial charge in [0.2, 0.25) is 5.91 Å². The number of aliphatic hydroxyl groups excluding tert-OH is 2. The molecule has 72 valence electrons. The monoisotopic (exact) mass is 185 g/mol. The van der Waals surface area contributed by atoms with Crippen molar-refractivity contribution >= 4 is 11.7 Å². The molecule has 3 N–H and O–H groups in total. The molecule has 0 saturated carbocycles. The SMILES string of the molecule is CC(=O)NC1=CC(=O)[C@@H](CO)[C@H]1O. The van der Waals surface area contributed by atoms with E-state index >= 15 is 0 Å². The molecule has 5 heteroatoms. The number of hydrogen-bond donors (Lipinski definition) is 3. The topological polar surface area (TPSA) is 86.6 Å². The number of carbonyl (C=O) groups is 2. The van der Waals surface area contributed by atoms with Gasteiger partial charge >= 0.3 is 0 Å². The Bertz CT molecular complexity index is 271. The maximum atomic E-state index is 11.1. The normalized spacial score (nSPS) is 27.3. The van der Waals surface area contributed by atoms with Crippen LogP contribution < -0.4 is 5.32 Å². The molecule has 1 rings (SSSR count). The molecule has 5 nitrogen and oxygen atoms in total. The van der Waals surface area contributed by atoms with Crippen LogP contribution in [-0.4, -0.2) is 34.6 Å². The third-order valence-electron chi connectivity index (χ3n) is 1.88. The molecular formula is C8H11NO4. The van der Waals surface area contributed by atoms with Crippen LogP contribution in [0.25, 0.3) is 0 Å². The molecule has 0 fully saturated rings. The zero-order valence-electron chi connectivity index (χ0n) is 7.15. The van der Waals surface area contributed by atoms with E-state index < -0.39 is 18.6 Å². The molecule has 1 aliphatic carbocycles. The molecule has 1 amide bonds. The Morgan fingerprint density at radius 1 is 1.69 bits per heavy atom. The summed E-state index contributed by atoms with van der Waals surface area (Å²) in [5.41, 5.74) is 0.163.